The van der Waals surface area contributed by atoms with Gasteiger partial charge in [-0.1, -0.05) is 0 Å². The van der Waals surface area contributed by atoms with Crippen molar-refractivity contribution in [3.63, 3.8) is 0 Å². The summed E-state index contributed by atoms with van der Waals surface area (Å²) in [6, 6.07) is 5.83. The van der Waals surface area contributed by atoms with Gasteiger partial charge in [-0.25, -0.2) is 14.2 Å². The molecule has 0 N–H and O–H groups in total. The maximum absolute atomic E-state index is 13.6. The number of fused-ring (bicyclic) bond motifs is 3. The van der Waals surface area contributed by atoms with Gasteiger partial charge in [-0.3, -0.25) is 4.90 Å². The minimum absolute atomic E-state index is 0.215. The van der Waals surface area contributed by atoms with Gasteiger partial charge in [-0.15, -0.1) is 0 Å². The second-order valence-corrected chi connectivity index (χ2v) is 5.28. The smallest absolute Gasteiger partial charge is 0.358 e. The fourth-order valence-electron chi connectivity index (χ4n) is 2.80. The van der Waals surface area contributed by atoms with E-state index in [-0.39, 0.29) is 12.3 Å². The van der Waals surface area contributed by atoms with Gasteiger partial charge in [0.1, 0.15) is 18.2 Å². The Kier molecular flexibility index (Phi) is 3.84. The van der Waals surface area contributed by atoms with E-state index in [1.54, 1.807) is 29.5 Å². The van der Waals surface area contributed by atoms with Crippen LogP contribution in [0.4, 0.5) is 4.39 Å². The Labute approximate surface area is 132 Å². The quantitative estimate of drug-likeness (QED) is 0.795. The van der Waals surface area contributed by atoms with Crippen LogP contribution >= 0.6 is 0 Å². The number of aromatic nitrogens is 2. The lowest BCUT2D eigenvalue weighted by atomic mass is 10.0. The number of rotatable bonds is 2. The molecule has 6 nitrogen and oxygen atoms in total. The molecule has 0 saturated heterocycles. The van der Waals surface area contributed by atoms with Crippen molar-refractivity contribution in [3.8, 4) is 11.8 Å². The summed E-state index contributed by atoms with van der Waals surface area (Å²) in [5.41, 5.74) is 2.02. The highest BCUT2D eigenvalue weighted by molar-refractivity contribution is 5.88. The van der Waals surface area contributed by atoms with Crippen molar-refractivity contribution in [2.24, 2.45) is 0 Å². The van der Waals surface area contributed by atoms with Crippen molar-refractivity contribution in [2.45, 2.75) is 19.5 Å². The number of nitriles is 1. The van der Waals surface area contributed by atoms with Crippen LogP contribution in [0.2, 0.25) is 0 Å². The third-order valence-electron chi connectivity index (χ3n) is 3.84. The predicted molar refractivity (Wildman–Crippen MR) is 79.3 cm³/mol. The molecule has 23 heavy (non-hydrogen) atoms. The summed E-state index contributed by atoms with van der Waals surface area (Å²) < 4.78 is 20.4. The zero-order valence-corrected chi connectivity index (χ0v) is 12.8. The van der Waals surface area contributed by atoms with Crippen LogP contribution in [0.5, 0.6) is 0 Å². The van der Waals surface area contributed by atoms with Gasteiger partial charge in [-0.05, 0) is 32.2 Å². The fraction of sp³-hybridized carbons (Fsp3) is 0.312. The molecule has 3 rings (SSSR count). The summed E-state index contributed by atoms with van der Waals surface area (Å²) in [6.07, 6.45) is 1.51. The number of carbonyl (C=O) groups excluding carboxylic acids is 1. The van der Waals surface area contributed by atoms with Gasteiger partial charge in [0.25, 0.3) is 0 Å². The summed E-state index contributed by atoms with van der Waals surface area (Å²) in [7, 11) is 1.75. The minimum Gasteiger partial charge on any atom is -0.461 e. The summed E-state index contributed by atoms with van der Waals surface area (Å²) in [4.78, 5) is 18.0. The maximum Gasteiger partial charge on any atom is 0.358 e. The molecule has 2 aromatic rings. The monoisotopic (exact) mass is 314 g/mol. The van der Waals surface area contributed by atoms with Gasteiger partial charge >= 0.3 is 5.97 Å². The molecule has 1 aliphatic rings. The van der Waals surface area contributed by atoms with E-state index in [9.17, 15) is 14.4 Å². The van der Waals surface area contributed by atoms with Crippen molar-refractivity contribution < 1.29 is 13.9 Å². The van der Waals surface area contributed by atoms with Crippen LogP contribution in [0.15, 0.2) is 24.5 Å². The van der Waals surface area contributed by atoms with Gasteiger partial charge in [0.15, 0.2) is 5.69 Å². The molecule has 0 spiro atoms. The SMILES string of the molecule is CCOC(=O)c1ncn2c1CN(C)C(C#N)c1cc(F)ccc1-2. The predicted octanol–water partition coefficient (Wildman–Crippen LogP) is 2.20. The molecule has 7 heteroatoms. The Morgan fingerprint density at radius 3 is 3.04 bits per heavy atom. The Hall–Kier alpha value is -2.72. The first kappa shape index (κ1) is 15.2. The van der Waals surface area contributed by atoms with Gasteiger partial charge < -0.3 is 9.30 Å². The van der Waals surface area contributed by atoms with Crippen molar-refractivity contribution in [1.29, 1.82) is 5.26 Å². The Morgan fingerprint density at radius 1 is 1.57 bits per heavy atom. The molecule has 118 valence electrons. The third kappa shape index (κ3) is 2.47. The number of benzene rings is 1. The molecule has 1 aromatic heterocycles. The molecule has 0 aliphatic carbocycles. The zero-order chi connectivity index (χ0) is 16.6. The second kappa shape index (κ2) is 5.82. The summed E-state index contributed by atoms with van der Waals surface area (Å²) >= 11 is 0. The summed E-state index contributed by atoms with van der Waals surface area (Å²) in [5.74, 6) is -0.916. The number of ether oxygens (including phenoxy) is 1. The van der Waals surface area contributed by atoms with Gasteiger partial charge in [0.2, 0.25) is 0 Å². The number of imidazole rings is 1. The topological polar surface area (TPSA) is 71.2 Å². The standard InChI is InChI=1S/C16H15FN4O2/c1-3-23-16(22)15-14-8-20(2)13(7-18)11-6-10(17)4-5-12(11)21(14)9-19-15/h4-6,9,13H,3,8H2,1-2H3. The number of esters is 1. The van der Waals surface area contributed by atoms with E-state index in [0.717, 1.165) is 0 Å². The van der Waals surface area contributed by atoms with Crippen LogP contribution in [0.3, 0.4) is 0 Å². The normalized spacial score (nSPS) is 16.9. The number of nitrogens with zero attached hydrogens (tertiary/aromatic N) is 4. The maximum atomic E-state index is 13.6. The summed E-state index contributed by atoms with van der Waals surface area (Å²) in [6.45, 7) is 2.30. The number of carbonyl (C=O) groups is 1. The number of hydrogen-bond acceptors (Lipinski definition) is 5. The highest BCUT2D eigenvalue weighted by Gasteiger charge is 2.30. The van der Waals surface area contributed by atoms with E-state index in [0.29, 0.717) is 23.5 Å². The van der Waals surface area contributed by atoms with E-state index < -0.39 is 17.8 Å². The van der Waals surface area contributed by atoms with Crippen LogP contribution in [0.1, 0.15) is 34.7 Å². The first-order valence-electron chi connectivity index (χ1n) is 7.19. The lowest BCUT2D eigenvalue weighted by Crippen LogP contribution is -2.23. The molecule has 0 amide bonds. The molecule has 0 saturated carbocycles. The number of halogens is 1. The van der Waals surface area contributed by atoms with E-state index >= 15 is 0 Å². The Bertz CT molecular complexity index is 809. The highest BCUT2D eigenvalue weighted by atomic mass is 19.1. The van der Waals surface area contributed by atoms with E-state index in [1.165, 1.54) is 18.5 Å². The molecule has 0 fully saturated rings. The van der Waals surface area contributed by atoms with Crippen LogP contribution in [-0.2, 0) is 11.3 Å². The fourth-order valence-corrected chi connectivity index (χ4v) is 2.80. The van der Waals surface area contributed by atoms with Gasteiger partial charge in [0, 0.05) is 12.1 Å². The molecule has 1 aromatic carbocycles. The molecule has 0 bridgehead atoms. The van der Waals surface area contributed by atoms with Crippen molar-refractivity contribution in [1.82, 2.24) is 14.5 Å². The highest BCUT2D eigenvalue weighted by Crippen LogP contribution is 2.33. The van der Waals surface area contributed by atoms with Crippen molar-refractivity contribution in [2.75, 3.05) is 13.7 Å². The molecule has 0 radical (unpaired) electrons. The van der Waals surface area contributed by atoms with Crippen LogP contribution in [0, 0.1) is 17.1 Å². The largest absolute Gasteiger partial charge is 0.461 e. The third-order valence-corrected chi connectivity index (χ3v) is 3.84. The van der Waals surface area contributed by atoms with Gasteiger partial charge in [0.05, 0.1) is 24.1 Å². The van der Waals surface area contributed by atoms with E-state index in [2.05, 4.69) is 11.1 Å². The molecular weight excluding hydrogens is 299 g/mol. The average Bonchev–Trinajstić information content (AvgIpc) is 2.87. The molecule has 1 aliphatic heterocycles. The lowest BCUT2D eigenvalue weighted by molar-refractivity contribution is 0.0517. The Morgan fingerprint density at radius 2 is 2.35 bits per heavy atom. The zero-order valence-electron chi connectivity index (χ0n) is 12.8. The first-order chi connectivity index (χ1) is 11.1. The number of hydrogen-bond donors (Lipinski definition) is 0. The van der Waals surface area contributed by atoms with Crippen LogP contribution in [-0.4, -0.2) is 34.1 Å². The summed E-state index contributed by atoms with van der Waals surface area (Å²) in [5, 5.41) is 9.47. The first-order valence-corrected chi connectivity index (χ1v) is 7.19. The van der Waals surface area contributed by atoms with E-state index in [1.807, 2.05) is 0 Å². The lowest BCUT2D eigenvalue weighted by Gasteiger charge is -2.20. The molecule has 1 unspecified atom stereocenters. The Balaban J connectivity index is 2.20. The van der Waals surface area contributed by atoms with E-state index in [4.69, 9.17) is 4.74 Å². The van der Waals surface area contributed by atoms with Crippen LogP contribution in [0.25, 0.3) is 5.69 Å². The molecular formula is C16H15FN4O2. The minimum atomic E-state index is -0.615. The average molecular weight is 314 g/mol. The van der Waals surface area contributed by atoms with Gasteiger partial charge in [-0.2, -0.15) is 5.26 Å². The van der Waals surface area contributed by atoms with Crippen molar-refractivity contribution in [3.05, 3.63) is 47.3 Å². The van der Waals surface area contributed by atoms with Crippen molar-refractivity contribution >= 4 is 5.97 Å². The molecule has 2 heterocycles. The second-order valence-electron chi connectivity index (χ2n) is 5.28. The molecule has 1 atom stereocenters. The van der Waals surface area contributed by atoms with Crippen LogP contribution < -0.4 is 0 Å².